The van der Waals surface area contributed by atoms with Crippen molar-refractivity contribution in [3.05, 3.63) is 29.8 Å². The fourth-order valence-corrected chi connectivity index (χ4v) is 3.13. The molecule has 0 amide bonds. The van der Waals surface area contributed by atoms with Crippen LogP contribution in [0.15, 0.2) is 24.3 Å². The van der Waals surface area contributed by atoms with Crippen LogP contribution in [0, 0.1) is 0 Å². The monoisotopic (exact) mass is 289 g/mol. The van der Waals surface area contributed by atoms with Crippen LogP contribution < -0.4 is 4.74 Å². The highest BCUT2D eigenvalue weighted by molar-refractivity contribution is 5.86. The SMILES string of the molecule is CCCCC(=O)C(c1ccccc1OC)N1CCCCC1. The Kier molecular flexibility index (Phi) is 6.24. The number of likely N-dealkylation sites (tertiary alicyclic amines) is 1. The first kappa shape index (κ1) is 16.0. The number of rotatable bonds is 7. The quantitative estimate of drug-likeness (QED) is 0.760. The van der Waals surface area contributed by atoms with Crippen LogP contribution in [-0.4, -0.2) is 30.9 Å². The van der Waals surface area contributed by atoms with Crippen molar-refractivity contribution in [1.82, 2.24) is 4.90 Å². The number of unbranched alkanes of at least 4 members (excludes halogenated alkanes) is 1. The van der Waals surface area contributed by atoms with Crippen LogP contribution in [0.2, 0.25) is 0 Å². The molecule has 0 aliphatic carbocycles. The van der Waals surface area contributed by atoms with E-state index >= 15 is 0 Å². The average molecular weight is 289 g/mol. The molecule has 0 saturated carbocycles. The first-order chi connectivity index (χ1) is 10.3. The molecular weight excluding hydrogens is 262 g/mol. The predicted molar refractivity (Wildman–Crippen MR) is 85.7 cm³/mol. The largest absolute Gasteiger partial charge is 0.496 e. The van der Waals surface area contributed by atoms with Crippen molar-refractivity contribution in [2.75, 3.05) is 20.2 Å². The van der Waals surface area contributed by atoms with E-state index in [4.69, 9.17) is 4.74 Å². The van der Waals surface area contributed by atoms with E-state index in [0.29, 0.717) is 12.2 Å². The van der Waals surface area contributed by atoms with Crippen molar-refractivity contribution in [3.63, 3.8) is 0 Å². The van der Waals surface area contributed by atoms with Crippen molar-refractivity contribution >= 4 is 5.78 Å². The zero-order chi connectivity index (χ0) is 15.1. The molecule has 1 unspecified atom stereocenters. The second-order valence-corrected chi connectivity index (χ2v) is 5.81. The second-order valence-electron chi connectivity index (χ2n) is 5.81. The molecule has 21 heavy (non-hydrogen) atoms. The third kappa shape index (κ3) is 4.07. The number of methoxy groups -OCH3 is 1. The maximum absolute atomic E-state index is 12.8. The van der Waals surface area contributed by atoms with Gasteiger partial charge in [0.1, 0.15) is 5.75 Å². The average Bonchev–Trinajstić information content (AvgIpc) is 2.54. The van der Waals surface area contributed by atoms with E-state index in [-0.39, 0.29) is 6.04 Å². The molecule has 1 aliphatic rings. The summed E-state index contributed by atoms with van der Waals surface area (Å²) in [6.45, 7) is 4.16. The Bertz CT molecular complexity index is 452. The van der Waals surface area contributed by atoms with Crippen LogP contribution >= 0.6 is 0 Å². The molecule has 1 fully saturated rings. The number of ether oxygens (including phenoxy) is 1. The number of carbonyl (C=O) groups is 1. The Morgan fingerprint density at radius 2 is 1.95 bits per heavy atom. The van der Waals surface area contributed by atoms with Crippen molar-refractivity contribution in [1.29, 1.82) is 0 Å². The Morgan fingerprint density at radius 1 is 1.24 bits per heavy atom. The molecule has 0 spiro atoms. The van der Waals surface area contributed by atoms with E-state index in [1.54, 1.807) is 7.11 Å². The number of para-hydroxylation sites is 1. The minimum atomic E-state index is -0.131. The molecule has 116 valence electrons. The van der Waals surface area contributed by atoms with E-state index < -0.39 is 0 Å². The summed E-state index contributed by atoms with van der Waals surface area (Å²) >= 11 is 0. The van der Waals surface area contributed by atoms with E-state index in [2.05, 4.69) is 11.8 Å². The summed E-state index contributed by atoms with van der Waals surface area (Å²) in [5, 5.41) is 0. The summed E-state index contributed by atoms with van der Waals surface area (Å²) < 4.78 is 5.49. The van der Waals surface area contributed by atoms with Crippen LogP contribution in [0.5, 0.6) is 5.75 Å². The van der Waals surface area contributed by atoms with Gasteiger partial charge in [0.15, 0.2) is 5.78 Å². The van der Waals surface area contributed by atoms with Gasteiger partial charge in [0.05, 0.1) is 13.2 Å². The van der Waals surface area contributed by atoms with Crippen LogP contribution in [0.4, 0.5) is 0 Å². The lowest BCUT2D eigenvalue weighted by atomic mass is 9.94. The number of benzene rings is 1. The van der Waals surface area contributed by atoms with Gasteiger partial charge in [0, 0.05) is 12.0 Å². The van der Waals surface area contributed by atoms with Crippen LogP contribution in [-0.2, 0) is 4.79 Å². The highest BCUT2D eigenvalue weighted by Gasteiger charge is 2.30. The molecule has 2 rings (SSSR count). The van der Waals surface area contributed by atoms with E-state index in [1.807, 2.05) is 24.3 Å². The Hall–Kier alpha value is -1.35. The Morgan fingerprint density at radius 3 is 2.62 bits per heavy atom. The lowest BCUT2D eigenvalue weighted by Crippen LogP contribution is -2.38. The topological polar surface area (TPSA) is 29.5 Å². The molecular formula is C18H27NO2. The summed E-state index contributed by atoms with van der Waals surface area (Å²) in [6.07, 6.45) is 6.34. The van der Waals surface area contributed by atoms with Crippen molar-refractivity contribution in [3.8, 4) is 5.75 Å². The summed E-state index contributed by atoms with van der Waals surface area (Å²) in [6, 6.07) is 7.84. The van der Waals surface area contributed by atoms with Gasteiger partial charge >= 0.3 is 0 Å². The first-order valence-electron chi connectivity index (χ1n) is 8.17. The number of carbonyl (C=O) groups excluding carboxylic acids is 1. The van der Waals surface area contributed by atoms with Crippen LogP contribution in [0.1, 0.15) is 57.1 Å². The van der Waals surface area contributed by atoms with Gasteiger partial charge < -0.3 is 4.74 Å². The van der Waals surface area contributed by atoms with Crippen molar-refractivity contribution in [2.45, 2.75) is 51.5 Å². The fraction of sp³-hybridized carbons (Fsp3) is 0.611. The minimum absolute atomic E-state index is 0.131. The number of nitrogens with zero attached hydrogens (tertiary/aromatic N) is 1. The van der Waals surface area contributed by atoms with E-state index in [0.717, 1.165) is 37.2 Å². The second kappa shape index (κ2) is 8.18. The summed E-state index contributed by atoms with van der Waals surface area (Å²) in [7, 11) is 1.68. The summed E-state index contributed by atoms with van der Waals surface area (Å²) in [5.74, 6) is 1.17. The molecule has 3 heteroatoms. The minimum Gasteiger partial charge on any atom is -0.496 e. The number of ketones is 1. The smallest absolute Gasteiger partial charge is 0.154 e. The summed E-state index contributed by atoms with van der Waals surface area (Å²) in [5.41, 5.74) is 1.03. The molecule has 1 aromatic rings. The molecule has 1 aliphatic heterocycles. The summed E-state index contributed by atoms with van der Waals surface area (Å²) in [4.78, 5) is 15.1. The van der Waals surface area contributed by atoms with Gasteiger partial charge in [-0.1, -0.05) is 38.0 Å². The number of Topliss-reactive ketones (excluding diaryl/α,β-unsaturated/α-hetero) is 1. The molecule has 3 nitrogen and oxygen atoms in total. The molecule has 0 aromatic heterocycles. The van der Waals surface area contributed by atoms with Gasteiger partial charge in [0.25, 0.3) is 0 Å². The van der Waals surface area contributed by atoms with E-state index in [1.165, 1.54) is 19.3 Å². The zero-order valence-corrected chi connectivity index (χ0v) is 13.3. The normalized spacial score (nSPS) is 17.4. The van der Waals surface area contributed by atoms with Crippen LogP contribution in [0.25, 0.3) is 0 Å². The van der Waals surface area contributed by atoms with Gasteiger partial charge in [-0.15, -0.1) is 0 Å². The highest BCUT2D eigenvalue weighted by Crippen LogP contribution is 2.33. The van der Waals surface area contributed by atoms with Gasteiger partial charge in [0.2, 0.25) is 0 Å². The van der Waals surface area contributed by atoms with Gasteiger partial charge in [-0.25, -0.2) is 0 Å². The standard InChI is InChI=1S/C18H27NO2/c1-3-4-11-16(20)18(19-13-8-5-9-14-19)15-10-6-7-12-17(15)21-2/h6-7,10,12,18H,3-5,8-9,11,13-14H2,1-2H3. The van der Waals surface area contributed by atoms with Crippen molar-refractivity contribution in [2.24, 2.45) is 0 Å². The molecule has 1 saturated heterocycles. The molecule has 1 heterocycles. The van der Waals surface area contributed by atoms with Crippen LogP contribution in [0.3, 0.4) is 0 Å². The number of hydrogen-bond donors (Lipinski definition) is 0. The van der Waals surface area contributed by atoms with Gasteiger partial charge in [-0.2, -0.15) is 0 Å². The fourth-order valence-electron chi connectivity index (χ4n) is 3.13. The lowest BCUT2D eigenvalue weighted by Gasteiger charge is -2.34. The highest BCUT2D eigenvalue weighted by atomic mass is 16.5. The third-order valence-corrected chi connectivity index (χ3v) is 4.27. The molecule has 0 N–H and O–H groups in total. The third-order valence-electron chi connectivity index (χ3n) is 4.27. The molecule has 0 bridgehead atoms. The molecule has 1 atom stereocenters. The molecule has 1 aromatic carbocycles. The first-order valence-corrected chi connectivity index (χ1v) is 8.17. The number of hydrogen-bond acceptors (Lipinski definition) is 3. The molecule has 0 radical (unpaired) electrons. The zero-order valence-electron chi connectivity index (χ0n) is 13.3. The predicted octanol–water partition coefficient (Wildman–Crippen LogP) is 3.98. The number of piperidine rings is 1. The lowest BCUT2D eigenvalue weighted by molar-refractivity contribution is -0.125. The van der Waals surface area contributed by atoms with Gasteiger partial charge in [-0.05, 0) is 38.4 Å². The van der Waals surface area contributed by atoms with Gasteiger partial charge in [-0.3, -0.25) is 9.69 Å². The maximum Gasteiger partial charge on any atom is 0.154 e. The van der Waals surface area contributed by atoms with E-state index in [9.17, 15) is 4.79 Å². The Balaban J connectivity index is 2.27. The van der Waals surface area contributed by atoms with Crippen molar-refractivity contribution < 1.29 is 9.53 Å². The Labute approximate surface area is 128 Å². The maximum atomic E-state index is 12.8.